The number of aryl methyl sites for hydroxylation is 1. The summed E-state index contributed by atoms with van der Waals surface area (Å²) in [7, 11) is 0. The molecule has 1 aromatic carbocycles. The normalized spacial score (nSPS) is 13.1. The molecule has 2 heterocycles. The maximum atomic E-state index is 6.65. The zero-order chi connectivity index (χ0) is 12.7. The molecule has 3 rings (SSSR count). The van der Waals surface area contributed by atoms with Gasteiger partial charge in [-0.3, -0.25) is 0 Å². The molecule has 0 saturated heterocycles. The highest BCUT2D eigenvalue weighted by Crippen LogP contribution is 2.42. The van der Waals surface area contributed by atoms with Gasteiger partial charge in [0.25, 0.3) is 0 Å². The van der Waals surface area contributed by atoms with Gasteiger partial charge in [0.1, 0.15) is 0 Å². The Kier molecular flexibility index (Phi) is 3.50. The highest BCUT2D eigenvalue weighted by Gasteiger charge is 2.18. The molecule has 0 amide bonds. The molecule has 0 spiro atoms. The minimum atomic E-state index is -0.0481. The van der Waals surface area contributed by atoms with Gasteiger partial charge >= 0.3 is 0 Å². The van der Waals surface area contributed by atoms with Gasteiger partial charge in [-0.1, -0.05) is 12.1 Å². The number of benzene rings is 1. The van der Waals surface area contributed by atoms with E-state index in [1.807, 2.05) is 0 Å². The van der Waals surface area contributed by atoms with Crippen molar-refractivity contribution in [2.24, 2.45) is 0 Å². The Hall–Kier alpha value is -0.350. The lowest BCUT2D eigenvalue weighted by atomic mass is 10.1. The summed E-state index contributed by atoms with van der Waals surface area (Å²) < 4.78 is 2.41. The average molecular weight is 358 g/mol. The Balaban J connectivity index is 2.16. The van der Waals surface area contributed by atoms with Gasteiger partial charge in [0, 0.05) is 14.0 Å². The molecule has 4 heteroatoms. The topological polar surface area (TPSA) is 0 Å². The SMILES string of the molecule is Cc1ccsc1C(Cl)c1csc2c(Br)cccc12. The molecule has 0 nitrogen and oxygen atoms in total. The summed E-state index contributed by atoms with van der Waals surface area (Å²) in [5.41, 5.74) is 2.48. The molecule has 0 aliphatic carbocycles. The van der Waals surface area contributed by atoms with Crippen molar-refractivity contribution >= 4 is 60.3 Å². The molecule has 0 fully saturated rings. The van der Waals surface area contributed by atoms with Crippen LogP contribution in [-0.4, -0.2) is 0 Å². The molecule has 0 aliphatic heterocycles. The second-order valence-corrected chi connectivity index (χ2v) is 7.26. The third kappa shape index (κ3) is 2.03. The summed E-state index contributed by atoms with van der Waals surface area (Å²) in [4.78, 5) is 1.25. The van der Waals surface area contributed by atoms with Crippen LogP contribution in [0.1, 0.15) is 21.4 Å². The van der Waals surface area contributed by atoms with E-state index in [0.717, 1.165) is 4.47 Å². The molecule has 2 aromatic heterocycles. The van der Waals surface area contributed by atoms with Crippen molar-refractivity contribution in [3.63, 3.8) is 0 Å². The fraction of sp³-hybridized carbons (Fsp3) is 0.143. The van der Waals surface area contributed by atoms with Gasteiger partial charge in [-0.2, -0.15) is 0 Å². The van der Waals surface area contributed by atoms with E-state index < -0.39 is 0 Å². The Labute approximate surface area is 127 Å². The fourth-order valence-corrected chi connectivity index (χ4v) is 5.17. The van der Waals surface area contributed by atoms with Crippen LogP contribution < -0.4 is 0 Å². The molecule has 0 aliphatic rings. The van der Waals surface area contributed by atoms with Gasteiger partial charge in [-0.05, 0) is 62.3 Å². The molecule has 1 unspecified atom stereocenters. The molecular formula is C14H10BrClS2. The van der Waals surface area contributed by atoms with E-state index in [4.69, 9.17) is 11.6 Å². The molecule has 3 aromatic rings. The lowest BCUT2D eigenvalue weighted by Gasteiger charge is -2.08. The highest BCUT2D eigenvalue weighted by molar-refractivity contribution is 9.10. The molecular weight excluding hydrogens is 348 g/mol. The Morgan fingerprint density at radius 3 is 2.78 bits per heavy atom. The standard InChI is InChI=1S/C14H10BrClS2/c1-8-5-6-17-13(8)12(16)10-7-18-14-9(10)3-2-4-11(14)15/h2-7,12H,1H3. The minimum absolute atomic E-state index is 0.0481. The van der Waals surface area contributed by atoms with Crippen LogP contribution in [0.4, 0.5) is 0 Å². The maximum absolute atomic E-state index is 6.65. The molecule has 92 valence electrons. The van der Waals surface area contributed by atoms with Crippen molar-refractivity contribution < 1.29 is 0 Å². The van der Waals surface area contributed by atoms with Gasteiger partial charge in [0.2, 0.25) is 0 Å². The summed E-state index contributed by atoms with van der Waals surface area (Å²) in [6.07, 6.45) is 0. The number of hydrogen-bond acceptors (Lipinski definition) is 2. The van der Waals surface area contributed by atoms with Gasteiger partial charge in [-0.15, -0.1) is 34.3 Å². The Bertz CT molecular complexity index is 699. The number of fused-ring (bicyclic) bond motifs is 1. The first-order valence-corrected chi connectivity index (χ1v) is 8.51. The van der Waals surface area contributed by atoms with E-state index in [9.17, 15) is 0 Å². The van der Waals surface area contributed by atoms with Crippen molar-refractivity contribution in [2.75, 3.05) is 0 Å². The van der Waals surface area contributed by atoms with E-state index in [1.54, 1.807) is 22.7 Å². The van der Waals surface area contributed by atoms with Crippen molar-refractivity contribution in [1.29, 1.82) is 0 Å². The summed E-state index contributed by atoms with van der Waals surface area (Å²) in [5, 5.41) is 5.48. The second kappa shape index (κ2) is 4.97. The lowest BCUT2D eigenvalue weighted by Crippen LogP contribution is -1.90. The smallest absolute Gasteiger partial charge is 0.0944 e. The largest absolute Gasteiger partial charge is 0.147 e. The summed E-state index contributed by atoms with van der Waals surface area (Å²) in [6.45, 7) is 2.12. The Morgan fingerprint density at radius 2 is 2.06 bits per heavy atom. The summed E-state index contributed by atoms with van der Waals surface area (Å²) >= 11 is 13.7. The van der Waals surface area contributed by atoms with Crippen LogP contribution in [0, 0.1) is 6.92 Å². The number of hydrogen-bond donors (Lipinski definition) is 0. The molecule has 1 atom stereocenters. The summed E-state index contributed by atoms with van der Waals surface area (Å²) in [6, 6.07) is 8.40. The Morgan fingerprint density at radius 1 is 1.22 bits per heavy atom. The maximum Gasteiger partial charge on any atom is 0.0944 e. The van der Waals surface area contributed by atoms with E-state index >= 15 is 0 Å². The zero-order valence-electron chi connectivity index (χ0n) is 9.61. The van der Waals surface area contributed by atoms with Crippen molar-refractivity contribution in [2.45, 2.75) is 12.3 Å². The van der Waals surface area contributed by atoms with Gasteiger partial charge in [-0.25, -0.2) is 0 Å². The van der Waals surface area contributed by atoms with E-state index in [0.29, 0.717) is 0 Å². The lowest BCUT2D eigenvalue weighted by molar-refractivity contribution is 1.19. The predicted octanol–water partition coefficient (Wildman–Crippen LogP) is 6.36. The van der Waals surface area contributed by atoms with Gasteiger partial charge in [0.05, 0.1) is 5.38 Å². The van der Waals surface area contributed by atoms with Crippen molar-refractivity contribution in [1.82, 2.24) is 0 Å². The highest BCUT2D eigenvalue weighted by atomic mass is 79.9. The first kappa shape index (κ1) is 12.7. The summed E-state index contributed by atoms with van der Waals surface area (Å²) in [5.74, 6) is 0. The molecule has 18 heavy (non-hydrogen) atoms. The van der Waals surface area contributed by atoms with Crippen LogP contribution in [0.15, 0.2) is 39.5 Å². The molecule has 0 saturated carbocycles. The van der Waals surface area contributed by atoms with E-state index in [-0.39, 0.29) is 5.38 Å². The predicted molar refractivity (Wildman–Crippen MR) is 86.3 cm³/mol. The minimum Gasteiger partial charge on any atom is -0.147 e. The third-order valence-corrected chi connectivity index (χ3v) is 6.62. The third-order valence-electron chi connectivity index (χ3n) is 2.99. The first-order chi connectivity index (χ1) is 8.68. The van der Waals surface area contributed by atoms with Gasteiger partial charge in [0.15, 0.2) is 0 Å². The van der Waals surface area contributed by atoms with Crippen molar-refractivity contribution in [3.05, 3.63) is 55.5 Å². The number of alkyl halides is 1. The van der Waals surface area contributed by atoms with E-state index in [2.05, 4.69) is 57.9 Å². The van der Waals surface area contributed by atoms with Crippen LogP contribution >= 0.6 is 50.2 Å². The van der Waals surface area contributed by atoms with Crippen LogP contribution in [0.3, 0.4) is 0 Å². The quantitative estimate of drug-likeness (QED) is 0.468. The van der Waals surface area contributed by atoms with Gasteiger partial charge < -0.3 is 0 Å². The second-order valence-electron chi connectivity index (χ2n) is 4.14. The van der Waals surface area contributed by atoms with Crippen LogP contribution in [0.5, 0.6) is 0 Å². The zero-order valence-corrected chi connectivity index (χ0v) is 13.6. The molecule has 0 bridgehead atoms. The first-order valence-electron chi connectivity index (χ1n) is 5.52. The fourth-order valence-electron chi connectivity index (χ4n) is 2.02. The number of thiophene rings is 2. The average Bonchev–Trinajstić information content (AvgIpc) is 2.95. The molecule has 0 N–H and O–H groups in total. The van der Waals surface area contributed by atoms with Crippen LogP contribution in [0.25, 0.3) is 10.1 Å². The van der Waals surface area contributed by atoms with Crippen LogP contribution in [0.2, 0.25) is 0 Å². The monoisotopic (exact) mass is 356 g/mol. The van der Waals surface area contributed by atoms with Crippen LogP contribution in [-0.2, 0) is 0 Å². The number of halogens is 2. The van der Waals surface area contributed by atoms with E-state index in [1.165, 1.54) is 26.1 Å². The molecule has 0 radical (unpaired) electrons. The number of rotatable bonds is 2. The van der Waals surface area contributed by atoms with Crippen molar-refractivity contribution in [3.8, 4) is 0 Å².